The number of thiazole rings is 1. The van der Waals surface area contributed by atoms with Crippen molar-refractivity contribution >= 4 is 11.3 Å². The van der Waals surface area contributed by atoms with Gasteiger partial charge in [-0.05, 0) is 39.3 Å². The molecule has 1 aliphatic heterocycles. The molecule has 3 nitrogen and oxygen atoms in total. The average molecular weight is 267 g/mol. The summed E-state index contributed by atoms with van der Waals surface area (Å²) in [4.78, 5) is 6.98. The minimum atomic E-state index is 0.701. The van der Waals surface area contributed by atoms with Gasteiger partial charge in [-0.25, -0.2) is 4.98 Å². The summed E-state index contributed by atoms with van der Waals surface area (Å²) in [5, 5.41) is 5.82. The third kappa shape index (κ3) is 4.04. The van der Waals surface area contributed by atoms with E-state index in [0.717, 1.165) is 25.6 Å². The van der Waals surface area contributed by atoms with Crippen molar-refractivity contribution in [3.05, 3.63) is 16.6 Å². The van der Waals surface area contributed by atoms with Gasteiger partial charge in [-0.2, -0.15) is 0 Å². The molecule has 0 saturated carbocycles. The first-order valence-electron chi connectivity index (χ1n) is 7.14. The summed E-state index contributed by atoms with van der Waals surface area (Å²) >= 11 is 1.70. The Morgan fingerprint density at radius 3 is 3.11 bits per heavy atom. The first-order valence-corrected chi connectivity index (χ1v) is 8.08. The van der Waals surface area contributed by atoms with Crippen LogP contribution in [0.15, 0.2) is 10.9 Å². The van der Waals surface area contributed by atoms with Crippen molar-refractivity contribution in [2.24, 2.45) is 0 Å². The summed E-state index contributed by atoms with van der Waals surface area (Å²) in [6, 6.07) is 1.43. The summed E-state index contributed by atoms with van der Waals surface area (Å²) in [5.41, 5.74) is 3.18. The summed E-state index contributed by atoms with van der Waals surface area (Å²) in [7, 11) is 0. The number of nitrogens with zero attached hydrogens (tertiary/aromatic N) is 2. The van der Waals surface area contributed by atoms with E-state index in [1.54, 1.807) is 11.3 Å². The third-order valence-corrected chi connectivity index (χ3v) is 4.47. The molecule has 18 heavy (non-hydrogen) atoms. The zero-order valence-corrected chi connectivity index (χ0v) is 12.4. The summed E-state index contributed by atoms with van der Waals surface area (Å²) in [5.74, 6) is 0. The van der Waals surface area contributed by atoms with E-state index >= 15 is 0 Å². The lowest BCUT2D eigenvalue weighted by Gasteiger charge is -2.38. The van der Waals surface area contributed by atoms with E-state index in [-0.39, 0.29) is 0 Å². The fourth-order valence-corrected chi connectivity index (χ4v) is 3.30. The number of rotatable bonds is 6. The minimum Gasteiger partial charge on any atom is -0.314 e. The van der Waals surface area contributed by atoms with E-state index < -0.39 is 0 Å². The van der Waals surface area contributed by atoms with Crippen LogP contribution in [0.3, 0.4) is 0 Å². The standard InChI is InChI=1S/C14H25N3S/c1-3-6-15-13-4-7-17(12(2)9-13)8-5-14-10-18-11-16-14/h10-13,15H,3-9H2,1-2H3. The Morgan fingerprint density at radius 2 is 2.44 bits per heavy atom. The fourth-order valence-electron chi connectivity index (χ4n) is 2.71. The fraction of sp³-hybridized carbons (Fsp3) is 0.786. The second kappa shape index (κ2) is 7.22. The summed E-state index contributed by atoms with van der Waals surface area (Å²) < 4.78 is 0. The van der Waals surface area contributed by atoms with Gasteiger partial charge in [0.15, 0.2) is 0 Å². The Kier molecular flexibility index (Phi) is 5.60. The van der Waals surface area contributed by atoms with Crippen LogP contribution in [0, 0.1) is 0 Å². The van der Waals surface area contributed by atoms with Crippen LogP contribution in [0.4, 0.5) is 0 Å². The molecule has 1 saturated heterocycles. The maximum Gasteiger partial charge on any atom is 0.0794 e. The van der Waals surface area contributed by atoms with Gasteiger partial charge in [-0.3, -0.25) is 0 Å². The van der Waals surface area contributed by atoms with Crippen LogP contribution in [-0.2, 0) is 6.42 Å². The summed E-state index contributed by atoms with van der Waals surface area (Å²) in [6.07, 6.45) is 4.91. The molecule has 2 heterocycles. The van der Waals surface area contributed by atoms with E-state index in [1.807, 2.05) is 5.51 Å². The normalized spacial score (nSPS) is 25.4. The van der Waals surface area contributed by atoms with Crippen molar-refractivity contribution in [1.82, 2.24) is 15.2 Å². The molecular weight excluding hydrogens is 242 g/mol. The Labute approximate surface area is 115 Å². The van der Waals surface area contributed by atoms with E-state index in [4.69, 9.17) is 0 Å². The van der Waals surface area contributed by atoms with Gasteiger partial charge in [0.05, 0.1) is 11.2 Å². The molecule has 2 atom stereocenters. The third-order valence-electron chi connectivity index (χ3n) is 3.84. The molecule has 0 bridgehead atoms. The minimum absolute atomic E-state index is 0.701. The van der Waals surface area contributed by atoms with Crippen LogP contribution < -0.4 is 5.32 Å². The molecule has 0 spiro atoms. The Balaban J connectivity index is 1.72. The molecule has 0 amide bonds. The van der Waals surface area contributed by atoms with Crippen LogP contribution >= 0.6 is 11.3 Å². The zero-order chi connectivity index (χ0) is 12.8. The van der Waals surface area contributed by atoms with E-state index in [2.05, 4.69) is 34.4 Å². The maximum absolute atomic E-state index is 4.36. The predicted octanol–water partition coefficient (Wildman–Crippen LogP) is 2.54. The topological polar surface area (TPSA) is 28.2 Å². The Morgan fingerprint density at radius 1 is 1.56 bits per heavy atom. The van der Waals surface area contributed by atoms with Crippen molar-refractivity contribution < 1.29 is 0 Å². The average Bonchev–Trinajstić information content (AvgIpc) is 2.88. The van der Waals surface area contributed by atoms with Crippen molar-refractivity contribution in [2.75, 3.05) is 19.6 Å². The molecule has 2 unspecified atom stereocenters. The number of hydrogen-bond donors (Lipinski definition) is 1. The first-order chi connectivity index (χ1) is 8.79. The van der Waals surface area contributed by atoms with Crippen molar-refractivity contribution in [3.8, 4) is 0 Å². The van der Waals surface area contributed by atoms with Crippen molar-refractivity contribution in [3.63, 3.8) is 0 Å². The van der Waals surface area contributed by atoms with E-state index in [9.17, 15) is 0 Å². The smallest absolute Gasteiger partial charge is 0.0794 e. The van der Waals surface area contributed by atoms with E-state index in [0.29, 0.717) is 6.04 Å². The molecule has 0 aromatic carbocycles. The highest BCUT2D eigenvalue weighted by Crippen LogP contribution is 2.17. The van der Waals surface area contributed by atoms with E-state index in [1.165, 1.54) is 31.5 Å². The Bertz CT molecular complexity index is 326. The molecule has 102 valence electrons. The van der Waals surface area contributed by atoms with Gasteiger partial charge < -0.3 is 10.2 Å². The van der Waals surface area contributed by atoms with Crippen LogP contribution in [0.25, 0.3) is 0 Å². The molecule has 4 heteroatoms. The monoisotopic (exact) mass is 267 g/mol. The van der Waals surface area contributed by atoms with Gasteiger partial charge in [-0.1, -0.05) is 6.92 Å². The first kappa shape index (κ1) is 14.0. The lowest BCUT2D eigenvalue weighted by molar-refractivity contribution is 0.137. The lowest BCUT2D eigenvalue weighted by atomic mass is 9.98. The quantitative estimate of drug-likeness (QED) is 0.858. The van der Waals surface area contributed by atoms with Gasteiger partial charge in [0, 0.05) is 30.4 Å². The molecular formula is C14H25N3S. The highest BCUT2D eigenvalue weighted by Gasteiger charge is 2.24. The van der Waals surface area contributed by atoms with Gasteiger partial charge >= 0.3 is 0 Å². The number of hydrogen-bond acceptors (Lipinski definition) is 4. The van der Waals surface area contributed by atoms with Crippen LogP contribution in [0.5, 0.6) is 0 Å². The molecule has 0 aliphatic carbocycles. The summed E-state index contributed by atoms with van der Waals surface area (Å²) in [6.45, 7) is 8.15. The molecule has 0 radical (unpaired) electrons. The zero-order valence-electron chi connectivity index (χ0n) is 11.6. The van der Waals surface area contributed by atoms with Gasteiger partial charge in [0.2, 0.25) is 0 Å². The molecule has 1 N–H and O–H groups in total. The molecule has 1 aromatic heterocycles. The van der Waals surface area contributed by atoms with Gasteiger partial charge in [0.1, 0.15) is 0 Å². The predicted molar refractivity (Wildman–Crippen MR) is 78.2 cm³/mol. The van der Waals surface area contributed by atoms with Gasteiger partial charge in [0.25, 0.3) is 0 Å². The molecule has 2 rings (SSSR count). The second-order valence-electron chi connectivity index (χ2n) is 5.29. The second-order valence-corrected chi connectivity index (χ2v) is 6.01. The number of piperidine rings is 1. The number of aromatic nitrogens is 1. The highest BCUT2D eigenvalue weighted by atomic mass is 32.1. The molecule has 1 aromatic rings. The molecule has 1 fully saturated rings. The number of likely N-dealkylation sites (tertiary alicyclic amines) is 1. The largest absolute Gasteiger partial charge is 0.314 e. The molecule has 1 aliphatic rings. The van der Waals surface area contributed by atoms with Crippen LogP contribution in [-0.4, -0.2) is 41.6 Å². The van der Waals surface area contributed by atoms with Crippen LogP contribution in [0.1, 0.15) is 38.8 Å². The maximum atomic E-state index is 4.36. The van der Waals surface area contributed by atoms with Gasteiger partial charge in [-0.15, -0.1) is 11.3 Å². The van der Waals surface area contributed by atoms with Crippen molar-refractivity contribution in [1.29, 1.82) is 0 Å². The lowest BCUT2D eigenvalue weighted by Crippen LogP contribution is -2.48. The van der Waals surface area contributed by atoms with Crippen molar-refractivity contribution in [2.45, 2.75) is 51.6 Å². The highest BCUT2D eigenvalue weighted by molar-refractivity contribution is 7.07. The Hall–Kier alpha value is -0.450. The van der Waals surface area contributed by atoms with Crippen LogP contribution in [0.2, 0.25) is 0 Å². The SMILES string of the molecule is CCCNC1CCN(CCc2cscn2)C(C)C1. The number of nitrogens with one attached hydrogen (secondary N) is 1.